The van der Waals surface area contributed by atoms with E-state index in [1.165, 1.54) is 12.1 Å². The molecule has 2 aromatic rings. The third-order valence-electron chi connectivity index (χ3n) is 6.64. The van der Waals surface area contributed by atoms with E-state index in [0.717, 1.165) is 29.2 Å². The average Bonchev–Trinajstić information content (AvgIpc) is 3.13. The average molecular weight is 488 g/mol. The summed E-state index contributed by atoms with van der Waals surface area (Å²) in [6.07, 6.45) is -4.69. The second-order valence-electron chi connectivity index (χ2n) is 9.53. The molecule has 3 amide bonds. The zero-order valence-corrected chi connectivity index (χ0v) is 19.6. The maximum atomic E-state index is 13.3. The van der Waals surface area contributed by atoms with E-state index in [1.807, 2.05) is 27.7 Å². The highest BCUT2D eigenvalue weighted by molar-refractivity contribution is 6.46. The van der Waals surface area contributed by atoms with Crippen LogP contribution in [0.5, 0.6) is 0 Å². The lowest BCUT2D eigenvalue weighted by atomic mass is 9.79. The fraction of sp³-hybridized carbons (Fsp3) is 0.375. The van der Waals surface area contributed by atoms with Gasteiger partial charge in [-0.05, 0) is 64.1 Å². The van der Waals surface area contributed by atoms with Crippen molar-refractivity contribution in [2.45, 2.75) is 57.4 Å². The molecule has 2 aliphatic heterocycles. The van der Waals surface area contributed by atoms with E-state index >= 15 is 0 Å². The summed E-state index contributed by atoms with van der Waals surface area (Å²) in [6, 6.07) is 8.76. The van der Waals surface area contributed by atoms with Gasteiger partial charge in [0.15, 0.2) is 0 Å². The Bertz CT molecular complexity index is 1130. The molecule has 0 radical (unpaired) electrons. The predicted octanol–water partition coefficient (Wildman–Crippen LogP) is 4.40. The lowest BCUT2D eigenvalue weighted by Crippen LogP contribution is -2.49. The first-order valence-corrected chi connectivity index (χ1v) is 11.0. The minimum Gasteiger partial charge on any atom is -0.403 e. The van der Waals surface area contributed by atoms with Crippen LogP contribution in [-0.2, 0) is 20.3 Å². The maximum Gasteiger partial charge on any atom is 0.460 e. The quantitative estimate of drug-likeness (QED) is 0.498. The van der Waals surface area contributed by atoms with Crippen LogP contribution in [0.1, 0.15) is 54.0 Å². The van der Waals surface area contributed by atoms with Crippen LogP contribution in [0.15, 0.2) is 48.5 Å². The van der Waals surface area contributed by atoms with Crippen molar-refractivity contribution in [2.24, 2.45) is 0 Å². The number of alkyl halides is 3. The maximum absolute atomic E-state index is 13.3. The molecule has 0 unspecified atom stereocenters. The summed E-state index contributed by atoms with van der Waals surface area (Å²) >= 11 is 0. The van der Waals surface area contributed by atoms with E-state index in [9.17, 15) is 27.6 Å². The molecular weight excluding hydrogens is 464 g/mol. The van der Waals surface area contributed by atoms with Gasteiger partial charge in [0, 0.05) is 12.0 Å². The highest BCUT2D eigenvalue weighted by Gasteiger charge is 2.54. The second kappa shape index (κ2) is 8.49. The van der Waals surface area contributed by atoms with Crippen LogP contribution in [0, 0.1) is 0 Å². The molecule has 2 aliphatic rings. The topological polar surface area (TPSA) is 84.9 Å². The molecular formula is C24H24BF3N2O5. The van der Waals surface area contributed by atoms with Gasteiger partial charge in [-0.25, -0.2) is 0 Å². The van der Waals surface area contributed by atoms with Crippen molar-refractivity contribution in [2.75, 3.05) is 5.32 Å². The Balaban J connectivity index is 1.62. The lowest BCUT2D eigenvalue weighted by Gasteiger charge is -2.32. The monoisotopic (exact) mass is 488 g/mol. The fourth-order valence-electron chi connectivity index (χ4n) is 4.03. The molecule has 4 rings (SSSR count). The minimum absolute atomic E-state index is 0.0820. The lowest BCUT2D eigenvalue weighted by molar-refractivity contribution is -0.137. The van der Waals surface area contributed by atoms with Crippen molar-refractivity contribution < 1.29 is 36.9 Å². The summed E-state index contributed by atoms with van der Waals surface area (Å²) in [5.74, 6) is -2.04. The highest BCUT2D eigenvalue weighted by Crippen LogP contribution is 2.39. The van der Waals surface area contributed by atoms with Crippen LogP contribution in [0.25, 0.3) is 0 Å². The largest absolute Gasteiger partial charge is 0.460 e. The number of rotatable bonds is 5. The van der Waals surface area contributed by atoms with E-state index in [1.54, 1.807) is 12.1 Å². The Kier molecular flexibility index (Phi) is 6.05. The predicted molar refractivity (Wildman–Crippen MR) is 122 cm³/mol. The summed E-state index contributed by atoms with van der Waals surface area (Å²) < 4.78 is 50.6. The van der Waals surface area contributed by atoms with Crippen LogP contribution < -0.4 is 5.32 Å². The van der Waals surface area contributed by atoms with Gasteiger partial charge in [0.2, 0.25) is 5.91 Å². The Morgan fingerprint density at radius 2 is 1.43 bits per heavy atom. The normalized spacial score (nSPS) is 19.6. The number of imide groups is 1. The second-order valence-corrected chi connectivity index (χ2v) is 9.53. The van der Waals surface area contributed by atoms with Crippen LogP contribution in [0.2, 0.25) is 6.32 Å². The molecule has 2 aromatic carbocycles. The Morgan fingerprint density at radius 1 is 0.943 bits per heavy atom. The van der Waals surface area contributed by atoms with Gasteiger partial charge in [0.25, 0.3) is 11.8 Å². The van der Waals surface area contributed by atoms with Crippen LogP contribution >= 0.6 is 0 Å². The summed E-state index contributed by atoms with van der Waals surface area (Å²) in [5.41, 5.74) is -1.89. The summed E-state index contributed by atoms with van der Waals surface area (Å²) in [6.45, 7) is 7.30. The molecule has 0 aliphatic carbocycles. The minimum atomic E-state index is -4.53. The molecule has 1 fully saturated rings. The third-order valence-corrected chi connectivity index (χ3v) is 6.64. The zero-order chi connectivity index (χ0) is 25.8. The standard InChI is InChI=1S/C24H24BF3N2O5/c1-22(2)23(3,4)35-25(34-22)13-18(30-20(32)16-7-5-6-8-17(16)21(30)33)19(31)29-15-11-9-14(10-12-15)24(26,27)28/h5-12,18H,13H2,1-4H3,(H,29,31)/t18-/m0/s1. The Hall–Kier alpha value is -3.18. The van der Waals surface area contributed by atoms with Gasteiger partial charge < -0.3 is 14.6 Å². The number of amides is 3. The first kappa shape index (κ1) is 24.9. The molecule has 184 valence electrons. The fourth-order valence-corrected chi connectivity index (χ4v) is 4.03. The molecule has 11 heteroatoms. The number of halogens is 3. The van der Waals surface area contributed by atoms with Crippen LogP contribution in [0.4, 0.5) is 18.9 Å². The molecule has 7 nitrogen and oxygen atoms in total. The Labute approximate surface area is 200 Å². The van der Waals surface area contributed by atoms with E-state index in [2.05, 4.69) is 5.32 Å². The number of carbonyl (C=O) groups excluding carboxylic acids is 3. The zero-order valence-electron chi connectivity index (χ0n) is 19.6. The molecule has 2 heterocycles. The number of hydrogen-bond donors (Lipinski definition) is 1. The summed E-state index contributed by atoms with van der Waals surface area (Å²) in [7, 11) is -0.910. The smallest absolute Gasteiger partial charge is 0.403 e. The van der Waals surface area contributed by atoms with Gasteiger partial charge in [-0.1, -0.05) is 12.1 Å². The van der Waals surface area contributed by atoms with Gasteiger partial charge in [-0.2, -0.15) is 13.2 Å². The number of nitrogens with zero attached hydrogens (tertiary/aromatic N) is 1. The molecule has 0 spiro atoms. The third kappa shape index (κ3) is 4.57. The van der Waals surface area contributed by atoms with E-state index in [0.29, 0.717) is 0 Å². The van der Waals surface area contributed by atoms with E-state index in [4.69, 9.17) is 9.31 Å². The van der Waals surface area contributed by atoms with Crippen molar-refractivity contribution in [3.8, 4) is 0 Å². The van der Waals surface area contributed by atoms with Crippen molar-refractivity contribution in [1.82, 2.24) is 4.90 Å². The molecule has 0 aromatic heterocycles. The Morgan fingerprint density at radius 3 is 1.89 bits per heavy atom. The highest BCUT2D eigenvalue weighted by atomic mass is 19.4. The first-order valence-electron chi connectivity index (χ1n) is 11.0. The van der Waals surface area contributed by atoms with Crippen molar-refractivity contribution in [3.63, 3.8) is 0 Å². The first-order chi connectivity index (χ1) is 16.2. The number of hydrogen-bond acceptors (Lipinski definition) is 5. The summed E-state index contributed by atoms with van der Waals surface area (Å²) in [4.78, 5) is 40.4. The van der Waals surface area contributed by atoms with Crippen molar-refractivity contribution in [1.29, 1.82) is 0 Å². The SMILES string of the molecule is CC1(C)OB(C[C@@H](C(=O)Nc2ccc(C(F)(F)F)cc2)N2C(=O)c3ccccc3C2=O)OC1(C)C. The number of fused-ring (bicyclic) bond motifs is 1. The van der Waals surface area contributed by atoms with E-state index in [-0.39, 0.29) is 23.1 Å². The van der Waals surface area contributed by atoms with Crippen LogP contribution in [-0.4, -0.2) is 47.0 Å². The number of carbonyl (C=O) groups is 3. The number of benzene rings is 2. The summed E-state index contributed by atoms with van der Waals surface area (Å²) in [5, 5.41) is 2.52. The van der Waals surface area contributed by atoms with E-state index < -0.39 is 53.8 Å². The molecule has 1 N–H and O–H groups in total. The molecule has 0 saturated carbocycles. The molecule has 1 atom stereocenters. The molecule has 0 bridgehead atoms. The number of nitrogens with one attached hydrogen (secondary N) is 1. The number of anilines is 1. The van der Waals surface area contributed by atoms with Gasteiger partial charge >= 0.3 is 13.3 Å². The van der Waals surface area contributed by atoms with Crippen molar-refractivity contribution in [3.05, 3.63) is 65.2 Å². The van der Waals surface area contributed by atoms with Gasteiger partial charge in [-0.3, -0.25) is 19.3 Å². The van der Waals surface area contributed by atoms with Gasteiger partial charge in [-0.15, -0.1) is 0 Å². The van der Waals surface area contributed by atoms with Gasteiger partial charge in [0.1, 0.15) is 6.04 Å². The van der Waals surface area contributed by atoms with Crippen molar-refractivity contribution >= 4 is 30.5 Å². The molecule has 1 saturated heterocycles. The van der Waals surface area contributed by atoms with Crippen LogP contribution in [0.3, 0.4) is 0 Å². The van der Waals surface area contributed by atoms with Gasteiger partial charge in [0.05, 0.1) is 27.9 Å². The molecule has 35 heavy (non-hydrogen) atoms.